The molecule has 0 aromatic heterocycles. The highest BCUT2D eigenvalue weighted by molar-refractivity contribution is 5.74. The molecule has 86 valence electrons. The van der Waals surface area contributed by atoms with Gasteiger partial charge in [-0.3, -0.25) is 0 Å². The van der Waals surface area contributed by atoms with E-state index < -0.39 is 0 Å². The molecule has 0 unspecified atom stereocenters. The number of hydrogen-bond acceptors (Lipinski definition) is 2. The smallest absolute Gasteiger partial charge is 0.315 e. The van der Waals surface area contributed by atoms with Crippen LogP contribution >= 0.6 is 0 Å². The molecule has 2 aliphatic rings. The number of urea groups is 1. The number of nitrogens with one attached hydrogen (secondary N) is 2. The Kier molecular flexibility index (Phi) is 3.14. The second-order valence-corrected chi connectivity index (χ2v) is 5.11. The summed E-state index contributed by atoms with van der Waals surface area (Å²) in [6.45, 7) is 4.37. The van der Waals surface area contributed by atoms with Crippen LogP contribution in [0.1, 0.15) is 32.6 Å². The highest BCUT2D eigenvalue weighted by Gasteiger charge is 2.33. The molecule has 2 rings (SSSR count). The molecule has 2 fully saturated rings. The lowest BCUT2D eigenvalue weighted by Gasteiger charge is -2.38. The van der Waals surface area contributed by atoms with Crippen molar-refractivity contribution in [3.8, 4) is 0 Å². The van der Waals surface area contributed by atoms with Crippen molar-refractivity contribution in [3.05, 3.63) is 0 Å². The molecule has 0 spiro atoms. The summed E-state index contributed by atoms with van der Waals surface area (Å²) < 4.78 is 5.13. The van der Waals surface area contributed by atoms with Crippen molar-refractivity contribution < 1.29 is 9.53 Å². The topological polar surface area (TPSA) is 50.4 Å². The normalized spacial score (nSPS) is 24.6. The molecule has 1 heterocycles. The van der Waals surface area contributed by atoms with E-state index in [9.17, 15) is 4.79 Å². The Bertz CT molecular complexity index is 233. The fourth-order valence-electron chi connectivity index (χ4n) is 2.15. The monoisotopic (exact) mass is 212 g/mol. The van der Waals surface area contributed by atoms with Crippen LogP contribution in [0.4, 0.5) is 4.79 Å². The fourth-order valence-corrected chi connectivity index (χ4v) is 2.15. The van der Waals surface area contributed by atoms with Crippen LogP contribution in [0.2, 0.25) is 0 Å². The van der Waals surface area contributed by atoms with Gasteiger partial charge in [-0.1, -0.05) is 19.8 Å². The molecule has 0 atom stereocenters. The summed E-state index contributed by atoms with van der Waals surface area (Å²) in [6.07, 6.45) is 4.76. The lowest BCUT2D eigenvalue weighted by Crippen LogP contribution is -2.51. The van der Waals surface area contributed by atoms with Gasteiger partial charge in [-0.2, -0.15) is 0 Å². The molecular weight excluding hydrogens is 192 g/mol. The van der Waals surface area contributed by atoms with E-state index >= 15 is 0 Å². The first-order valence-electron chi connectivity index (χ1n) is 5.80. The Labute approximate surface area is 90.8 Å². The molecule has 1 aliphatic carbocycles. The Morgan fingerprint density at radius 1 is 1.40 bits per heavy atom. The van der Waals surface area contributed by atoms with Gasteiger partial charge >= 0.3 is 6.03 Å². The van der Waals surface area contributed by atoms with E-state index in [2.05, 4.69) is 17.6 Å². The standard InChI is InChI=1S/C11H20N2O2/c1-11(7-15-8-11)6-12-10(14)13-9-4-2-3-5-9/h9H,2-8H2,1H3,(H2,12,13,14). The Morgan fingerprint density at radius 3 is 2.60 bits per heavy atom. The summed E-state index contributed by atoms with van der Waals surface area (Å²) in [7, 11) is 0. The predicted octanol–water partition coefficient (Wildman–Crippen LogP) is 1.26. The number of amides is 2. The average Bonchev–Trinajstić information content (AvgIpc) is 2.64. The summed E-state index contributed by atoms with van der Waals surface area (Å²) >= 11 is 0. The van der Waals surface area contributed by atoms with E-state index in [0.29, 0.717) is 12.6 Å². The van der Waals surface area contributed by atoms with Crippen molar-refractivity contribution in [1.82, 2.24) is 10.6 Å². The van der Waals surface area contributed by atoms with Crippen LogP contribution in [-0.2, 0) is 4.74 Å². The Morgan fingerprint density at radius 2 is 2.07 bits per heavy atom. The van der Waals surface area contributed by atoms with E-state index in [1.54, 1.807) is 0 Å². The van der Waals surface area contributed by atoms with Crippen LogP contribution in [0.15, 0.2) is 0 Å². The second kappa shape index (κ2) is 4.39. The SMILES string of the molecule is CC1(CNC(=O)NC2CCCC2)COC1. The van der Waals surface area contributed by atoms with Crippen LogP contribution in [0.5, 0.6) is 0 Å². The van der Waals surface area contributed by atoms with Gasteiger partial charge in [0.2, 0.25) is 0 Å². The van der Waals surface area contributed by atoms with Crippen LogP contribution in [-0.4, -0.2) is 31.8 Å². The minimum atomic E-state index is -0.0185. The number of carbonyl (C=O) groups excluding carboxylic acids is 1. The zero-order chi connectivity index (χ0) is 10.7. The fraction of sp³-hybridized carbons (Fsp3) is 0.909. The molecular formula is C11H20N2O2. The Balaban J connectivity index is 1.63. The quantitative estimate of drug-likeness (QED) is 0.740. The van der Waals surface area contributed by atoms with Gasteiger partial charge < -0.3 is 15.4 Å². The summed E-state index contributed by atoms with van der Waals surface area (Å²) in [4.78, 5) is 11.5. The van der Waals surface area contributed by atoms with Crippen LogP contribution < -0.4 is 10.6 Å². The lowest BCUT2D eigenvalue weighted by molar-refractivity contribution is -0.0975. The highest BCUT2D eigenvalue weighted by Crippen LogP contribution is 2.25. The number of hydrogen-bond donors (Lipinski definition) is 2. The Hall–Kier alpha value is -0.770. The van der Waals surface area contributed by atoms with Gasteiger partial charge in [0, 0.05) is 18.0 Å². The maximum Gasteiger partial charge on any atom is 0.315 e. The third-order valence-corrected chi connectivity index (χ3v) is 3.27. The first-order valence-corrected chi connectivity index (χ1v) is 5.80. The molecule has 15 heavy (non-hydrogen) atoms. The van der Waals surface area contributed by atoms with Crippen molar-refractivity contribution in [3.63, 3.8) is 0 Å². The molecule has 0 aromatic carbocycles. The zero-order valence-corrected chi connectivity index (χ0v) is 9.34. The van der Waals surface area contributed by atoms with Gasteiger partial charge in [0.15, 0.2) is 0 Å². The summed E-state index contributed by atoms with van der Waals surface area (Å²) in [5.41, 5.74) is 0.160. The number of carbonyl (C=O) groups is 1. The van der Waals surface area contributed by atoms with Gasteiger partial charge in [0.25, 0.3) is 0 Å². The van der Waals surface area contributed by atoms with Gasteiger partial charge in [0.1, 0.15) is 0 Å². The molecule has 4 nitrogen and oxygen atoms in total. The maximum atomic E-state index is 11.5. The van der Waals surface area contributed by atoms with E-state index in [4.69, 9.17) is 4.74 Å². The predicted molar refractivity (Wildman–Crippen MR) is 57.7 cm³/mol. The van der Waals surface area contributed by atoms with E-state index in [1.165, 1.54) is 12.8 Å². The molecule has 2 amide bonds. The highest BCUT2D eigenvalue weighted by atomic mass is 16.5. The maximum absolute atomic E-state index is 11.5. The average molecular weight is 212 g/mol. The summed E-state index contributed by atoms with van der Waals surface area (Å²) in [6, 6.07) is 0.380. The minimum Gasteiger partial charge on any atom is -0.380 e. The summed E-state index contributed by atoms with van der Waals surface area (Å²) in [5.74, 6) is 0. The molecule has 0 aromatic rings. The zero-order valence-electron chi connectivity index (χ0n) is 9.34. The molecule has 1 aliphatic heterocycles. The van der Waals surface area contributed by atoms with E-state index in [1.807, 2.05) is 0 Å². The first-order chi connectivity index (χ1) is 7.18. The number of ether oxygens (including phenoxy) is 1. The molecule has 1 saturated heterocycles. The molecule has 1 saturated carbocycles. The van der Waals surface area contributed by atoms with Gasteiger partial charge in [-0.25, -0.2) is 4.79 Å². The van der Waals surface area contributed by atoms with Crippen molar-refractivity contribution in [2.45, 2.75) is 38.6 Å². The van der Waals surface area contributed by atoms with Gasteiger partial charge in [-0.15, -0.1) is 0 Å². The molecule has 2 N–H and O–H groups in total. The third kappa shape index (κ3) is 2.84. The van der Waals surface area contributed by atoms with Crippen LogP contribution in [0.25, 0.3) is 0 Å². The van der Waals surface area contributed by atoms with Gasteiger partial charge in [0.05, 0.1) is 13.2 Å². The van der Waals surface area contributed by atoms with Crippen molar-refractivity contribution in [1.29, 1.82) is 0 Å². The lowest BCUT2D eigenvalue weighted by atomic mass is 9.89. The van der Waals surface area contributed by atoms with E-state index in [0.717, 1.165) is 26.1 Å². The first kappa shape index (κ1) is 10.7. The second-order valence-electron chi connectivity index (χ2n) is 5.11. The van der Waals surface area contributed by atoms with Crippen molar-refractivity contribution in [2.75, 3.05) is 19.8 Å². The van der Waals surface area contributed by atoms with Crippen molar-refractivity contribution in [2.24, 2.45) is 5.41 Å². The van der Waals surface area contributed by atoms with Gasteiger partial charge in [-0.05, 0) is 12.8 Å². The molecule has 4 heteroatoms. The minimum absolute atomic E-state index is 0.0185. The molecule has 0 radical (unpaired) electrons. The number of rotatable bonds is 3. The van der Waals surface area contributed by atoms with E-state index in [-0.39, 0.29) is 11.4 Å². The summed E-state index contributed by atoms with van der Waals surface area (Å²) in [5, 5.41) is 5.93. The third-order valence-electron chi connectivity index (χ3n) is 3.27. The van der Waals surface area contributed by atoms with Crippen molar-refractivity contribution >= 4 is 6.03 Å². The van der Waals surface area contributed by atoms with Crippen LogP contribution in [0, 0.1) is 5.41 Å². The molecule has 0 bridgehead atoms. The largest absolute Gasteiger partial charge is 0.380 e. The van der Waals surface area contributed by atoms with Crippen LogP contribution in [0.3, 0.4) is 0 Å².